The summed E-state index contributed by atoms with van der Waals surface area (Å²) in [5.74, 6) is 0. The third kappa shape index (κ3) is 1.85. The molecule has 4 rings (SSSR count). The minimum Gasteiger partial charge on any atom is -0.422 e. The van der Waals surface area contributed by atoms with E-state index in [1.807, 2.05) is 18.2 Å². The molecule has 0 bridgehead atoms. The van der Waals surface area contributed by atoms with Crippen LogP contribution in [0.5, 0.6) is 0 Å². The van der Waals surface area contributed by atoms with E-state index in [1.165, 1.54) is 0 Å². The number of rotatable bonds is 1. The van der Waals surface area contributed by atoms with Crippen molar-refractivity contribution >= 4 is 22.7 Å². The van der Waals surface area contributed by atoms with E-state index in [2.05, 4.69) is 15.6 Å². The van der Waals surface area contributed by atoms with E-state index in [9.17, 15) is 9.59 Å². The van der Waals surface area contributed by atoms with Crippen LogP contribution < -0.4 is 16.3 Å². The number of nitrogens with one attached hydrogen (secondary N) is 2. The molecule has 3 heterocycles. The maximum atomic E-state index is 12.4. The summed E-state index contributed by atoms with van der Waals surface area (Å²) >= 11 is 0. The SMILES string of the molecule is O=C1Nc2c(c(=O)oc3ccccc23)[C@@H](c2cccnc2)N1. The summed E-state index contributed by atoms with van der Waals surface area (Å²) in [5, 5.41) is 6.15. The molecular formula is C16H11N3O3. The second-order valence-corrected chi connectivity index (χ2v) is 4.99. The highest BCUT2D eigenvalue weighted by molar-refractivity contribution is 6.03. The Morgan fingerprint density at radius 1 is 1.09 bits per heavy atom. The third-order valence-corrected chi connectivity index (χ3v) is 3.67. The summed E-state index contributed by atoms with van der Waals surface area (Å²) in [6.45, 7) is 0. The van der Waals surface area contributed by atoms with Crippen LogP contribution in [0.2, 0.25) is 0 Å². The summed E-state index contributed by atoms with van der Waals surface area (Å²) in [6, 6.07) is 9.73. The molecule has 6 nitrogen and oxygen atoms in total. The van der Waals surface area contributed by atoms with Crippen LogP contribution in [0.25, 0.3) is 11.0 Å². The van der Waals surface area contributed by atoms with Gasteiger partial charge in [-0.2, -0.15) is 0 Å². The lowest BCUT2D eigenvalue weighted by atomic mass is 9.97. The number of aromatic nitrogens is 1. The smallest absolute Gasteiger partial charge is 0.344 e. The maximum absolute atomic E-state index is 12.4. The van der Waals surface area contributed by atoms with Gasteiger partial charge in [0.1, 0.15) is 5.58 Å². The summed E-state index contributed by atoms with van der Waals surface area (Å²) in [5.41, 5.74) is 1.56. The van der Waals surface area contributed by atoms with Crippen molar-refractivity contribution in [3.05, 3.63) is 70.3 Å². The first-order valence-corrected chi connectivity index (χ1v) is 6.77. The molecule has 1 aliphatic rings. The Bertz CT molecular complexity index is 934. The molecule has 0 aliphatic carbocycles. The molecule has 2 aromatic heterocycles. The van der Waals surface area contributed by atoms with Crippen LogP contribution in [0.1, 0.15) is 17.2 Å². The van der Waals surface area contributed by atoms with Crippen molar-refractivity contribution in [2.45, 2.75) is 6.04 Å². The van der Waals surface area contributed by atoms with Crippen LogP contribution in [-0.4, -0.2) is 11.0 Å². The van der Waals surface area contributed by atoms with Crippen LogP contribution in [0.15, 0.2) is 58.0 Å². The van der Waals surface area contributed by atoms with Crippen molar-refractivity contribution in [3.8, 4) is 0 Å². The molecule has 108 valence electrons. The Morgan fingerprint density at radius 3 is 2.77 bits per heavy atom. The molecule has 1 aliphatic heterocycles. The number of hydrogen-bond donors (Lipinski definition) is 2. The first-order chi connectivity index (χ1) is 10.7. The van der Waals surface area contributed by atoms with Gasteiger partial charge in [0, 0.05) is 17.8 Å². The van der Waals surface area contributed by atoms with Crippen LogP contribution in [0.4, 0.5) is 10.5 Å². The molecule has 1 aromatic carbocycles. The van der Waals surface area contributed by atoms with Gasteiger partial charge in [0.05, 0.1) is 17.3 Å². The van der Waals surface area contributed by atoms with Gasteiger partial charge in [-0.3, -0.25) is 4.98 Å². The number of amides is 2. The van der Waals surface area contributed by atoms with Gasteiger partial charge in [-0.05, 0) is 23.8 Å². The highest BCUT2D eigenvalue weighted by Gasteiger charge is 2.31. The van der Waals surface area contributed by atoms with Crippen molar-refractivity contribution in [2.75, 3.05) is 5.32 Å². The number of anilines is 1. The number of hydrogen-bond acceptors (Lipinski definition) is 4. The molecule has 0 saturated heterocycles. The van der Waals surface area contributed by atoms with Crippen LogP contribution in [0.3, 0.4) is 0 Å². The zero-order chi connectivity index (χ0) is 15.1. The van der Waals surface area contributed by atoms with Crippen LogP contribution >= 0.6 is 0 Å². The molecule has 1 atom stereocenters. The topological polar surface area (TPSA) is 84.2 Å². The normalized spacial score (nSPS) is 16.7. The highest BCUT2D eigenvalue weighted by atomic mass is 16.4. The number of fused-ring (bicyclic) bond motifs is 3. The predicted octanol–water partition coefficient (Wildman–Crippen LogP) is 2.41. The average molecular weight is 293 g/mol. The predicted molar refractivity (Wildman–Crippen MR) is 80.7 cm³/mol. The number of carbonyl (C=O) groups excluding carboxylic acids is 1. The van der Waals surface area contributed by atoms with Gasteiger partial charge in [0.2, 0.25) is 0 Å². The number of urea groups is 1. The molecule has 0 saturated carbocycles. The van der Waals surface area contributed by atoms with Gasteiger partial charge in [-0.25, -0.2) is 9.59 Å². The number of benzene rings is 1. The second kappa shape index (κ2) is 4.70. The van der Waals surface area contributed by atoms with E-state index < -0.39 is 11.7 Å². The van der Waals surface area contributed by atoms with E-state index in [-0.39, 0.29) is 6.03 Å². The lowest BCUT2D eigenvalue weighted by Gasteiger charge is -2.26. The van der Waals surface area contributed by atoms with E-state index in [4.69, 9.17) is 4.42 Å². The van der Waals surface area contributed by atoms with E-state index in [0.29, 0.717) is 22.2 Å². The minimum absolute atomic E-state index is 0.364. The molecular weight excluding hydrogens is 282 g/mol. The lowest BCUT2D eigenvalue weighted by molar-refractivity contribution is 0.248. The number of carbonyl (C=O) groups is 1. The number of para-hydroxylation sites is 1. The van der Waals surface area contributed by atoms with Crippen molar-refractivity contribution in [3.63, 3.8) is 0 Å². The van der Waals surface area contributed by atoms with Gasteiger partial charge >= 0.3 is 11.7 Å². The van der Waals surface area contributed by atoms with Crippen LogP contribution in [0, 0.1) is 0 Å². The Morgan fingerprint density at radius 2 is 1.95 bits per heavy atom. The first kappa shape index (κ1) is 12.6. The Labute approximate surface area is 124 Å². The van der Waals surface area contributed by atoms with Gasteiger partial charge < -0.3 is 15.1 Å². The standard InChI is InChI=1S/C16H11N3O3/c20-15-12-13(9-4-3-7-17-8-9)18-16(21)19-14(12)10-5-1-2-6-11(10)22-15/h1-8,13H,(H2,18,19,21)/t13-/m1/s1. The van der Waals surface area contributed by atoms with E-state index >= 15 is 0 Å². The minimum atomic E-state index is -0.585. The zero-order valence-corrected chi connectivity index (χ0v) is 11.4. The summed E-state index contributed by atoms with van der Waals surface area (Å²) in [4.78, 5) is 28.4. The van der Waals surface area contributed by atoms with Gasteiger partial charge in [-0.15, -0.1) is 0 Å². The Hall–Kier alpha value is -3.15. The van der Waals surface area contributed by atoms with Crippen molar-refractivity contribution in [2.24, 2.45) is 0 Å². The number of nitrogens with zero attached hydrogens (tertiary/aromatic N) is 1. The zero-order valence-electron chi connectivity index (χ0n) is 11.4. The van der Waals surface area contributed by atoms with Crippen molar-refractivity contribution < 1.29 is 9.21 Å². The van der Waals surface area contributed by atoms with Gasteiger partial charge in [-0.1, -0.05) is 18.2 Å². The Balaban J connectivity index is 2.04. The molecule has 0 fully saturated rings. The fourth-order valence-electron chi connectivity index (χ4n) is 2.71. The Kier molecular flexibility index (Phi) is 2.69. The molecule has 0 spiro atoms. The summed E-state index contributed by atoms with van der Waals surface area (Å²) in [7, 11) is 0. The summed E-state index contributed by atoms with van der Waals surface area (Å²) < 4.78 is 5.38. The molecule has 22 heavy (non-hydrogen) atoms. The lowest BCUT2D eigenvalue weighted by Crippen LogP contribution is -2.41. The molecule has 0 radical (unpaired) electrons. The fourth-order valence-corrected chi connectivity index (χ4v) is 2.71. The quantitative estimate of drug-likeness (QED) is 0.675. The van der Waals surface area contributed by atoms with Crippen molar-refractivity contribution in [1.82, 2.24) is 10.3 Å². The highest BCUT2D eigenvalue weighted by Crippen LogP contribution is 2.34. The first-order valence-electron chi connectivity index (χ1n) is 6.77. The average Bonchev–Trinajstić information content (AvgIpc) is 2.55. The monoisotopic (exact) mass is 293 g/mol. The summed E-state index contributed by atoms with van der Waals surface area (Å²) in [6.07, 6.45) is 3.25. The largest absolute Gasteiger partial charge is 0.422 e. The van der Waals surface area contributed by atoms with Gasteiger partial charge in [0.15, 0.2) is 0 Å². The molecule has 2 amide bonds. The molecule has 0 unspecified atom stereocenters. The van der Waals surface area contributed by atoms with E-state index in [1.54, 1.807) is 30.6 Å². The third-order valence-electron chi connectivity index (χ3n) is 3.67. The van der Waals surface area contributed by atoms with Gasteiger partial charge in [0.25, 0.3) is 0 Å². The number of pyridine rings is 1. The van der Waals surface area contributed by atoms with E-state index in [0.717, 1.165) is 5.56 Å². The maximum Gasteiger partial charge on any atom is 0.344 e. The van der Waals surface area contributed by atoms with Crippen molar-refractivity contribution in [1.29, 1.82) is 0 Å². The molecule has 3 aromatic rings. The van der Waals surface area contributed by atoms with Crippen LogP contribution in [-0.2, 0) is 0 Å². The fraction of sp³-hybridized carbons (Fsp3) is 0.0625. The molecule has 2 N–H and O–H groups in total. The molecule has 6 heteroatoms. The second-order valence-electron chi connectivity index (χ2n) is 4.99.